The molecule has 1 saturated carbocycles. The maximum atomic E-state index is 4.48. The Morgan fingerprint density at radius 3 is 2.79 bits per heavy atom. The summed E-state index contributed by atoms with van der Waals surface area (Å²) in [5.41, 5.74) is 3.05. The summed E-state index contributed by atoms with van der Waals surface area (Å²) < 4.78 is 0. The predicted molar refractivity (Wildman–Crippen MR) is 62.0 cm³/mol. The Kier molecular flexibility index (Phi) is 2.56. The lowest BCUT2D eigenvalue weighted by molar-refractivity contribution is 0.773. The SMILES string of the molecule is CCSc1cc(C2(C)CC2)cnc1C. The Balaban J connectivity index is 2.31. The van der Waals surface area contributed by atoms with Gasteiger partial charge in [-0.2, -0.15) is 0 Å². The highest BCUT2D eigenvalue weighted by atomic mass is 32.2. The lowest BCUT2D eigenvalue weighted by Crippen LogP contribution is -2.01. The molecule has 14 heavy (non-hydrogen) atoms. The highest BCUT2D eigenvalue weighted by Crippen LogP contribution is 2.48. The second kappa shape index (κ2) is 3.58. The van der Waals surface area contributed by atoms with Gasteiger partial charge in [0.1, 0.15) is 0 Å². The van der Waals surface area contributed by atoms with Crippen LogP contribution in [0.5, 0.6) is 0 Å². The van der Waals surface area contributed by atoms with Crippen LogP contribution in [0.1, 0.15) is 37.9 Å². The number of hydrogen-bond acceptors (Lipinski definition) is 2. The van der Waals surface area contributed by atoms with E-state index in [-0.39, 0.29) is 0 Å². The maximum Gasteiger partial charge on any atom is 0.0508 e. The van der Waals surface area contributed by atoms with E-state index in [4.69, 9.17) is 0 Å². The molecule has 0 radical (unpaired) electrons. The van der Waals surface area contributed by atoms with Gasteiger partial charge in [-0.3, -0.25) is 4.98 Å². The summed E-state index contributed by atoms with van der Waals surface area (Å²) in [4.78, 5) is 5.84. The maximum absolute atomic E-state index is 4.48. The number of thioether (sulfide) groups is 1. The molecule has 1 aliphatic carbocycles. The van der Waals surface area contributed by atoms with Gasteiger partial charge in [0, 0.05) is 11.1 Å². The first-order valence-electron chi connectivity index (χ1n) is 5.25. The molecule has 0 unspecified atom stereocenters. The smallest absolute Gasteiger partial charge is 0.0508 e. The summed E-state index contributed by atoms with van der Waals surface area (Å²) in [6.07, 6.45) is 4.71. The summed E-state index contributed by atoms with van der Waals surface area (Å²) in [6, 6.07) is 2.34. The van der Waals surface area contributed by atoms with E-state index >= 15 is 0 Å². The number of nitrogens with zero attached hydrogens (tertiary/aromatic N) is 1. The molecule has 1 fully saturated rings. The van der Waals surface area contributed by atoms with Crippen LogP contribution in [0.4, 0.5) is 0 Å². The first-order valence-corrected chi connectivity index (χ1v) is 6.24. The zero-order chi connectivity index (χ0) is 10.2. The third-order valence-electron chi connectivity index (χ3n) is 3.04. The van der Waals surface area contributed by atoms with Crippen LogP contribution >= 0.6 is 11.8 Å². The minimum absolute atomic E-state index is 0.448. The van der Waals surface area contributed by atoms with Crippen LogP contribution in [0.3, 0.4) is 0 Å². The lowest BCUT2D eigenvalue weighted by atomic mass is 10.0. The molecule has 1 heterocycles. The molecule has 0 N–H and O–H groups in total. The van der Waals surface area contributed by atoms with Gasteiger partial charge in [0.2, 0.25) is 0 Å². The molecular formula is C12H17NS. The molecule has 76 valence electrons. The number of pyridine rings is 1. The molecule has 1 aromatic rings. The van der Waals surface area contributed by atoms with Crippen LogP contribution in [-0.2, 0) is 5.41 Å². The van der Waals surface area contributed by atoms with Crippen LogP contribution in [0, 0.1) is 6.92 Å². The van der Waals surface area contributed by atoms with Crippen molar-refractivity contribution < 1.29 is 0 Å². The first-order chi connectivity index (χ1) is 6.65. The van der Waals surface area contributed by atoms with E-state index in [1.165, 1.54) is 29.0 Å². The van der Waals surface area contributed by atoms with E-state index in [9.17, 15) is 0 Å². The molecule has 0 amide bonds. The van der Waals surface area contributed by atoms with Crippen molar-refractivity contribution in [1.29, 1.82) is 0 Å². The number of aryl methyl sites for hydroxylation is 1. The van der Waals surface area contributed by atoms with Gasteiger partial charge in [-0.05, 0) is 42.6 Å². The molecule has 0 bridgehead atoms. The van der Waals surface area contributed by atoms with E-state index < -0.39 is 0 Å². The van der Waals surface area contributed by atoms with Crippen molar-refractivity contribution in [3.63, 3.8) is 0 Å². The van der Waals surface area contributed by atoms with Crippen LogP contribution in [-0.4, -0.2) is 10.7 Å². The average Bonchev–Trinajstić information content (AvgIpc) is 2.89. The van der Waals surface area contributed by atoms with Crippen LogP contribution < -0.4 is 0 Å². The minimum Gasteiger partial charge on any atom is -0.260 e. The predicted octanol–water partition coefficient (Wildman–Crippen LogP) is 3.55. The third-order valence-corrected chi connectivity index (χ3v) is 4.05. The van der Waals surface area contributed by atoms with Crippen LogP contribution in [0.15, 0.2) is 17.2 Å². The summed E-state index contributed by atoms with van der Waals surface area (Å²) in [5.74, 6) is 1.13. The van der Waals surface area contributed by atoms with E-state index in [2.05, 4.69) is 38.0 Å². The van der Waals surface area contributed by atoms with Gasteiger partial charge < -0.3 is 0 Å². The Hall–Kier alpha value is -0.500. The van der Waals surface area contributed by atoms with E-state index in [0.717, 1.165) is 5.75 Å². The van der Waals surface area contributed by atoms with Gasteiger partial charge in [0.25, 0.3) is 0 Å². The van der Waals surface area contributed by atoms with Crippen molar-refractivity contribution in [1.82, 2.24) is 4.98 Å². The molecule has 2 heteroatoms. The minimum atomic E-state index is 0.448. The molecule has 0 aromatic carbocycles. The Morgan fingerprint density at radius 1 is 1.50 bits per heavy atom. The molecular weight excluding hydrogens is 190 g/mol. The normalized spacial score (nSPS) is 18.2. The van der Waals surface area contributed by atoms with E-state index in [1.807, 2.05) is 11.8 Å². The molecule has 0 saturated heterocycles. The zero-order valence-corrected chi connectivity index (χ0v) is 9.95. The topological polar surface area (TPSA) is 12.9 Å². The van der Waals surface area contributed by atoms with Crippen molar-refractivity contribution in [3.05, 3.63) is 23.5 Å². The Bertz CT molecular complexity index is 342. The molecule has 1 aromatic heterocycles. The highest BCUT2D eigenvalue weighted by molar-refractivity contribution is 7.99. The summed E-state index contributed by atoms with van der Waals surface area (Å²) in [6.45, 7) is 6.62. The van der Waals surface area contributed by atoms with Crippen LogP contribution in [0.25, 0.3) is 0 Å². The molecule has 0 atom stereocenters. The van der Waals surface area contributed by atoms with Gasteiger partial charge in [0.15, 0.2) is 0 Å². The monoisotopic (exact) mass is 207 g/mol. The fourth-order valence-corrected chi connectivity index (χ4v) is 2.40. The van der Waals surface area contributed by atoms with Crippen LogP contribution in [0.2, 0.25) is 0 Å². The van der Waals surface area contributed by atoms with Crippen molar-refractivity contribution in [2.75, 3.05) is 5.75 Å². The fourth-order valence-electron chi connectivity index (χ4n) is 1.62. The summed E-state index contributed by atoms with van der Waals surface area (Å²) in [7, 11) is 0. The van der Waals surface area contributed by atoms with Gasteiger partial charge in [-0.15, -0.1) is 11.8 Å². The number of aromatic nitrogens is 1. The first kappa shape index (κ1) is 10.0. The van der Waals surface area contributed by atoms with E-state index in [0.29, 0.717) is 5.41 Å². The second-order valence-electron chi connectivity index (χ2n) is 4.30. The van der Waals surface area contributed by atoms with Crippen molar-refractivity contribution in [2.24, 2.45) is 0 Å². The molecule has 0 spiro atoms. The van der Waals surface area contributed by atoms with E-state index in [1.54, 1.807) is 0 Å². The van der Waals surface area contributed by atoms with Crippen molar-refractivity contribution in [2.45, 2.75) is 43.9 Å². The van der Waals surface area contributed by atoms with Gasteiger partial charge in [-0.25, -0.2) is 0 Å². The van der Waals surface area contributed by atoms with Gasteiger partial charge in [-0.1, -0.05) is 13.8 Å². The largest absolute Gasteiger partial charge is 0.260 e. The third kappa shape index (κ3) is 1.81. The average molecular weight is 207 g/mol. The second-order valence-corrected chi connectivity index (χ2v) is 5.61. The highest BCUT2D eigenvalue weighted by Gasteiger charge is 2.39. The summed E-state index contributed by atoms with van der Waals surface area (Å²) in [5, 5.41) is 0. The zero-order valence-electron chi connectivity index (χ0n) is 9.13. The molecule has 1 aliphatic rings. The number of rotatable bonds is 3. The summed E-state index contributed by atoms with van der Waals surface area (Å²) >= 11 is 1.90. The van der Waals surface area contributed by atoms with Gasteiger partial charge in [0.05, 0.1) is 5.69 Å². The van der Waals surface area contributed by atoms with Gasteiger partial charge >= 0.3 is 0 Å². The fraction of sp³-hybridized carbons (Fsp3) is 0.583. The van der Waals surface area contributed by atoms with Crippen molar-refractivity contribution >= 4 is 11.8 Å². The Morgan fingerprint density at radius 2 is 2.21 bits per heavy atom. The standard InChI is InChI=1S/C12H17NS/c1-4-14-11-7-10(8-13-9(11)2)12(3)5-6-12/h7-8H,4-6H2,1-3H3. The number of hydrogen-bond donors (Lipinski definition) is 0. The molecule has 2 rings (SSSR count). The molecule has 1 nitrogen and oxygen atoms in total. The lowest BCUT2D eigenvalue weighted by Gasteiger charge is -2.11. The quantitative estimate of drug-likeness (QED) is 0.703. The molecule has 0 aliphatic heterocycles. The van der Waals surface area contributed by atoms with Crippen molar-refractivity contribution in [3.8, 4) is 0 Å². The Labute approximate surface area is 90.3 Å².